The zero-order chi connectivity index (χ0) is 51.8. The molecular weight excluding hydrogens is 895 g/mol. The summed E-state index contributed by atoms with van der Waals surface area (Å²) in [6.07, 6.45) is 51.9. The zero-order valence-corrected chi connectivity index (χ0v) is 45.2. The Morgan fingerprint density at radius 3 is 1.35 bits per heavy atom. The summed E-state index contributed by atoms with van der Waals surface area (Å²) in [7, 11) is 0. The summed E-state index contributed by atoms with van der Waals surface area (Å²) in [5, 5.41) is 75.7. The van der Waals surface area contributed by atoms with Crippen molar-refractivity contribution in [2.75, 3.05) is 13.2 Å². The van der Waals surface area contributed by atoms with Crippen LogP contribution in [0.1, 0.15) is 245 Å². The van der Waals surface area contributed by atoms with Gasteiger partial charge in [0.15, 0.2) is 6.29 Å². The second-order valence-electron chi connectivity index (χ2n) is 20.3. The maximum absolute atomic E-state index is 13.1. The van der Waals surface area contributed by atoms with E-state index in [0.29, 0.717) is 19.3 Å². The maximum atomic E-state index is 13.1. The number of nitrogens with one attached hydrogen (secondary N) is 1. The first-order chi connectivity index (χ1) is 34.7. The predicted octanol–water partition coefficient (Wildman–Crippen LogP) is 12.2. The Balaban J connectivity index is 2.29. The van der Waals surface area contributed by atoms with Crippen molar-refractivity contribution in [3.63, 3.8) is 0 Å². The van der Waals surface area contributed by atoms with Gasteiger partial charge < -0.3 is 50.5 Å². The van der Waals surface area contributed by atoms with E-state index in [-0.39, 0.29) is 12.8 Å². The second kappa shape index (κ2) is 48.7. The van der Waals surface area contributed by atoms with Crippen molar-refractivity contribution >= 4 is 5.91 Å². The van der Waals surface area contributed by atoms with Crippen LogP contribution >= 0.6 is 0 Å². The largest absolute Gasteiger partial charge is 0.394 e. The number of aliphatic hydroxyl groups excluding tert-OH is 7. The zero-order valence-electron chi connectivity index (χ0n) is 45.2. The predicted molar refractivity (Wildman–Crippen MR) is 293 cm³/mol. The van der Waals surface area contributed by atoms with Gasteiger partial charge in [0.05, 0.1) is 25.4 Å². The van der Waals surface area contributed by atoms with Gasteiger partial charge in [-0.15, -0.1) is 0 Å². The number of amides is 1. The fourth-order valence-electron chi connectivity index (χ4n) is 8.99. The third kappa shape index (κ3) is 37.2. The Bertz CT molecular complexity index is 1340. The quantitative estimate of drug-likeness (QED) is 0.0215. The highest BCUT2D eigenvalue weighted by Gasteiger charge is 2.44. The molecule has 0 radical (unpaired) electrons. The van der Waals surface area contributed by atoms with E-state index in [1.54, 1.807) is 6.08 Å². The number of carbonyl (C=O) groups excluding carboxylic acids is 1. The SMILES string of the molecule is CCCCCCCC/C=C\C/C=C\CC(O)C(=O)NC(COC1OC(CO)C(O)C(O)C1O)C(O)C(O)CCC/C=C/CC/C=C/CC/C=C/CCCCCCCCCCCCCCCCCCCCC. The molecular formula is C60H109NO10. The highest BCUT2D eigenvalue weighted by atomic mass is 16.7. The number of unbranched alkanes of at least 4 members (excludes halogenated alkanes) is 28. The Labute approximate surface area is 433 Å². The summed E-state index contributed by atoms with van der Waals surface area (Å²) in [6, 6.07) is -1.23. The molecule has 11 heteroatoms. The van der Waals surface area contributed by atoms with E-state index >= 15 is 0 Å². The standard InChI is InChI=1S/C60H109NO10/c1-3-5-7-9-11-13-15-17-18-19-20-21-22-23-24-25-26-27-28-29-30-31-32-33-34-35-36-38-39-41-43-45-47-52(63)55(65)51(50-70-60-58(68)57(67)56(66)54(49-62)71-60)61-59(69)53(64)48-46-44-42-40-37-16-14-12-10-8-6-4-2/h30-31,34-35,37,39-41,44,46,51-58,60,62-68H,3-29,32-33,36,38,42-43,45,47-50H2,1-2H3,(H,61,69)/b31-30+,35-34+,40-37-,41-39+,46-44-. The van der Waals surface area contributed by atoms with Crippen LogP contribution in [0.5, 0.6) is 0 Å². The van der Waals surface area contributed by atoms with Crippen LogP contribution in [0.25, 0.3) is 0 Å². The van der Waals surface area contributed by atoms with Crippen molar-refractivity contribution in [2.45, 2.75) is 300 Å². The first kappa shape index (κ1) is 66.8. The van der Waals surface area contributed by atoms with E-state index < -0.39 is 74.2 Å². The molecule has 1 amide bonds. The molecule has 0 aromatic carbocycles. The molecule has 8 N–H and O–H groups in total. The molecule has 71 heavy (non-hydrogen) atoms. The monoisotopic (exact) mass is 1000 g/mol. The van der Waals surface area contributed by atoms with Crippen LogP contribution in [0.3, 0.4) is 0 Å². The molecule has 11 nitrogen and oxygen atoms in total. The first-order valence-corrected chi connectivity index (χ1v) is 29.2. The summed E-state index contributed by atoms with van der Waals surface area (Å²) in [4.78, 5) is 13.1. The Morgan fingerprint density at radius 1 is 0.507 bits per heavy atom. The van der Waals surface area contributed by atoms with E-state index in [0.717, 1.165) is 38.5 Å². The maximum Gasteiger partial charge on any atom is 0.249 e. The average molecular weight is 1000 g/mol. The smallest absolute Gasteiger partial charge is 0.249 e. The number of aliphatic hydroxyl groups is 7. The van der Waals surface area contributed by atoms with Gasteiger partial charge >= 0.3 is 0 Å². The molecule has 1 heterocycles. The lowest BCUT2D eigenvalue weighted by molar-refractivity contribution is -0.303. The van der Waals surface area contributed by atoms with Crippen LogP contribution in [0.4, 0.5) is 0 Å². The molecule has 0 saturated carbocycles. The molecule has 0 spiro atoms. The number of carbonyl (C=O) groups is 1. The van der Waals surface area contributed by atoms with Gasteiger partial charge in [0.2, 0.25) is 5.91 Å². The Hall–Kier alpha value is -2.19. The lowest BCUT2D eigenvalue weighted by atomic mass is 9.99. The highest BCUT2D eigenvalue weighted by molar-refractivity contribution is 5.81. The molecule has 1 saturated heterocycles. The van der Waals surface area contributed by atoms with Crippen LogP contribution in [-0.4, -0.2) is 110 Å². The summed E-state index contributed by atoms with van der Waals surface area (Å²) >= 11 is 0. The lowest BCUT2D eigenvalue weighted by Gasteiger charge is -2.40. The molecule has 0 aromatic rings. The van der Waals surface area contributed by atoms with Gasteiger partial charge in [0, 0.05) is 6.42 Å². The fourth-order valence-corrected chi connectivity index (χ4v) is 8.99. The van der Waals surface area contributed by atoms with Gasteiger partial charge in [0.1, 0.15) is 36.6 Å². The van der Waals surface area contributed by atoms with Crippen LogP contribution < -0.4 is 5.32 Å². The third-order valence-corrected chi connectivity index (χ3v) is 13.8. The van der Waals surface area contributed by atoms with Crippen molar-refractivity contribution < 1.29 is 50.0 Å². The van der Waals surface area contributed by atoms with Crippen molar-refractivity contribution in [1.82, 2.24) is 5.32 Å². The third-order valence-electron chi connectivity index (χ3n) is 13.8. The number of rotatable bonds is 49. The van der Waals surface area contributed by atoms with E-state index in [9.17, 15) is 40.5 Å². The van der Waals surface area contributed by atoms with E-state index in [2.05, 4.69) is 67.8 Å². The summed E-state index contributed by atoms with van der Waals surface area (Å²) in [5.74, 6) is -0.781. The minimum Gasteiger partial charge on any atom is -0.394 e. The number of hydrogen-bond acceptors (Lipinski definition) is 10. The molecule has 414 valence electrons. The van der Waals surface area contributed by atoms with Crippen molar-refractivity contribution in [2.24, 2.45) is 0 Å². The van der Waals surface area contributed by atoms with Gasteiger partial charge in [-0.3, -0.25) is 4.79 Å². The van der Waals surface area contributed by atoms with Crippen LogP contribution in [-0.2, 0) is 14.3 Å². The molecule has 1 rings (SSSR count). The topological polar surface area (TPSA) is 189 Å². The summed E-state index contributed by atoms with van der Waals surface area (Å²) < 4.78 is 11.1. The number of ether oxygens (including phenoxy) is 2. The molecule has 0 aromatic heterocycles. The average Bonchev–Trinajstić information content (AvgIpc) is 3.37. The van der Waals surface area contributed by atoms with Crippen molar-refractivity contribution in [3.8, 4) is 0 Å². The summed E-state index contributed by atoms with van der Waals surface area (Å²) in [6.45, 7) is 3.38. The van der Waals surface area contributed by atoms with Crippen molar-refractivity contribution in [3.05, 3.63) is 60.8 Å². The van der Waals surface area contributed by atoms with Gasteiger partial charge in [-0.05, 0) is 77.0 Å². The molecule has 0 bridgehead atoms. The normalized spacial score (nSPS) is 20.6. The fraction of sp³-hybridized carbons (Fsp3) is 0.817. The van der Waals surface area contributed by atoms with Gasteiger partial charge in [-0.2, -0.15) is 0 Å². The number of hydrogen-bond donors (Lipinski definition) is 8. The minimum atomic E-state index is -1.69. The van der Waals surface area contributed by atoms with E-state index in [1.807, 2.05) is 6.08 Å². The molecule has 1 aliphatic heterocycles. The van der Waals surface area contributed by atoms with Crippen molar-refractivity contribution in [1.29, 1.82) is 0 Å². The van der Waals surface area contributed by atoms with E-state index in [1.165, 1.54) is 161 Å². The molecule has 9 unspecified atom stereocenters. The second-order valence-corrected chi connectivity index (χ2v) is 20.3. The van der Waals surface area contributed by atoms with Crippen LogP contribution in [0.15, 0.2) is 60.8 Å². The van der Waals surface area contributed by atoms with Gasteiger partial charge in [-0.1, -0.05) is 222 Å². The number of allylic oxidation sites excluding steroid dienone is 9. The van der Waals surface area contributed by atoms with E-state index in [4.69, 9.17) is 9.47 Å². The first-order valence-electron chi connectivity index (χ1n) is 29.2. The molecule has 0 aliphatic carbocycles. The summed E-state index contributed by atoms with van der Waals surface area (Å²) in [5.41, 5.74) is 0. The highest BCUT2D eigenvalue weighted by Crippen LogP contribution is 2.23. The Kier molecular flexibility index (Phi) is 45.9. The lowest BCUT2D eigenvalue weighted by Crippen LogP contribution is -2.60. The molecule has 1 fully saturated rings. The van der Waals surface area contributed by atoms with Gasteiger partial charge in [-0.25, -0.2) is 0 Å². The molecule has 9 atom stereocenters. The molecule has 1 aliphatic rings. The van der Waals surface area contributed by atoms with Crippen LogP contribution in [0, 0.1) is 0 Å². The Morgan fingerprint density at radius 2 is 0.901 bits per heavy atom. The van der Waals surface area contributed by atoms with Gasteiger partial charge in [0.25, 0.3) is 0 Å². The van der Waals surface area contributed by atoms with Crippen LogP contribution in [0.2, 0.25) is 0 Å². The minimum absolute atomic E-state index is 0.0369.